The molecule has 2 aliphatic rings. The van der Waals surface area contributed by atoms with Gasteiger partial charge >= 0.3 is 0 Å². The van der Waals surface area contributed by atoms with Gasteiger partial charge < -0.3 is 4.90 Å². The third-order valence-electron chi connectivity index (χ3n) is 6.64. The third kappa shape index (κ3) is 5.50. The van der Waals surface area contributed by atoms with Crippen LogP contribution in [0.4, 0.5) is 10.1 Å². The molecule has 2 fully saturated rings. The summed E-state index contributed by atoms with van der Waals surface area (Å²) in [7, 11) is 0. The van der Waals surface area contributed by atoms with Gasteiger partial charge in [-0.15, -0.1) is 0 Å². The predicted molar refractivity (Wildman–Crippen MR) is 106 cm³/mol. The molecule has 1 aromatic rings. The van der Waals surface area contributed by atoms with Crippen LogP contribution in [0.3, 0.4) is 0 Å². The number of hydrogen-bond acceptors (Lipinski definition) is 3. The molecule has 3 rings (SSSR count). The van der Waals surface area contributed by atoms with Crippen LogP contribution >= 0.6 is 0 Å². The smallest absolute Gasteiger partial charge is 0.272 e. The summed E-state index contributed by atoms with van der Waals surface area (Å²) in [6.07, 6.45) is 11.9. The Bertz CT molecular complexity index is 637. The van der Waals surface area contributed by atoms with E-state index in [1.165, 1.54) is 57.7 Å². The number of benzene rings is 1. The van der Waals surface area contributed by atoms with E-state index in [1.807, 2.05) is 0 Å². The first-order valence-electron chi connectivity index (χ1n) is 10.7. The Labute approximate surface area is 162 Å². The maximum Gasteiger partial charge on any atom is 0.272 e. The Balaban J connectivity index is 1.66. The molecule has 0 spiro atoms. The number of nitro groups is 1. The van der Waals surface area contributed by atoms with E-state index in [1.54, 1.807) is 6.07 Å². The summed E-state index contributed by atoms with van der Waals surface area (Å²) in [5.41, 5.74) is 0.511. The van der Waals surface area contributed by atoms with Gasteiger partial charge in [0.15, 0.2) is 0 Å². The first kappa shape index (κ1) is 20.2. The molecule has 5 heteroatoms. The van der Waals surface area contributed by atoms with Crippen LogP contribution in [-0.4, -0.2) is 29.0 Å². The van der Waals surface area contributed by atoms with E-state index in [0.717, 1.165) is 37.7 Å². The molecule has 1 aliphatic carbocycles. The summed E-state index contributed by atoms with van der Waals surface area (Å²) in [6.45, 7) is 4.77. The molecule has 3 atom stereocenters. The third-order valence-corrected chi connectivity index (χ3v) is 6.64. The highest BCUT2D eigenvalue weighted by molar-refractivity contribution is 5.35. The predicted octanol–water partition coefficient (Wildman–Crippen LogP) is 6.05. The molecule has 1 saturated heterocycles. The van der Waals surface area contributed by atoms with Gasteiger partial charge in [-0.3, -0.25) is 10.1 Å². The molecule has 0 aromatic heterocycles. The summed E-state index contributed by atoms with van der Waals surface area (Å²) in [5, 5.41) is 10.9. The molecule has 1 aromatic carbocycles. The van der Waals surface area contributed by atoms with Crippen LogP contribution in [0, 0.1) is 21.8 Å². The summed E-state index contributed by atoms with van der Waals surface area (Å²) < 4.78 is 14.5. The quantitative estimate of drug-likeness (QED) is 0.476. The molecular weight excluding hydrogens is 343 g/mol. The van der Waals surface area contributed by atoms with Crippen molar-refractivity contribution in [3.05, 3.63) is 39.7 Å². The Morgan fingerprint density at radius 3 is 2.56 bits per heavy atom. The van der Waals surface area contributed by atoms with E-state index in [-0.39, 0.29) is 11.6 Å². The maximum absolute atomic E-state index is 14.5. The Morgan fingerprint density at radius 2 is 1.78 bits per heavy atom. The van der Waals surface area contributed by atoms with Gasteiger partial charge in [0.2, 0.25) is 0 Å². The van der Waals surface area contributed by atoms with Crippen molar-refractivity contribution in [2.75, 3.05) is 13.1 Å². The number of non-ortho nitro benzene ring substituents is 1. The monoisotopic (exact) mass is 376 g/mol. The van der Waals surface area contributed by atoms with Gasteiger partial charge in [-0.05, 0) is 75.1 Å². The van der Waals surface area contributed by atoms with E-state index < -0.39 is 10.7 Å². The van der Waals surface area contributed by atoms with Crippen molar-refractivity contribution in [2.45, 2.75) is 83.1 Å². The lowest BCUT2D eigenvalue weighted by Crippen LogP contribution is -2.39. The van der Waals surface area contributed by atoms with E-state index in [2.05, 4.69) is 11.8 Å². The lowest BCUT2D eigenvalue weighted by molar-refractivity contribution is -0.385. The van der Waals surface area contributed by atoms with Gasteiger partial charge in [0.25, 0.3) is 5.69 Å². The zero-order valence-electron chi connectivity index (χ0n) is 16.5. The van der Waals surface area contributed by atoms with E-state index in [4.69, 9.17) is 0 Å². The molecule has 0 radical (unpaired) electrons. The molecule has 0 bridgehead atoms. The summed E-state index contributed by atoms with van der Waals surface area (Å²) in [5.74, 6) is 0.594. The maximum atomic E-state index is 14.5. The Hall–Kier alpha value is -1.49. The minimum absolute atomic E-state index is 0.158. The highest BCUT2D eigenvalue weighted by Crippen LogP contribution is 2.35. The second-order valence-electron chi connectivity index (χ2n) is 8.60. The zero-order chi connectivity index (χ0) is 19.2. The fourth-order valence-electron chi connectivity index (χ4n) is 4.90. The van der Waals surface area contributed by atoms with Crippen molar-refractivity contribution in [1.82, 2.24) is 4.90 Å². The fraction of sp³-hybridized carbons (Fsp3) is 0.727. The van der Waals surface area contributed by atoms with Crippen LogP contribution < -0.4 is 0 Å². The largest absolute Gasteiger partial charge is 0.300 e. The highest BCUT2D eigenvalue weighted by Gasteiger charge is 2.26. The summed E-state index contributed by atoms with van der Waals surface area (Å²) in [6, 6.07) is 4.80. The molecule has 3 unspecified atom stereocenters. The SMILES string of the molecule is CC1CCCCN(C2CCCCC(c3ccc([N+](=O)[O-])cc3F)CC2)CC1. The van der Waals surface area contributed by atoms with Crippen molar-refractivity contribution in [2.24, 2.45) is 5.92 Å². The van der Waals surface area contributed by atoms with E-state index in [9.17, 15) is 14.5 Å². The van der Waals surface area contributed by atoms with Crippen LogP contribution in [0.2, 0.25) is 0 Å². The van der Waals surface area contributed by atoms with Crippen molar-refractivity contribution < 1.29 is 9.31 Å². The van der Waals surface area contributed by atoms with Gasteiger partial charge in [-0.1, -0.05) is 32.6 Å². The van der Waals surface area contributed by atoms with Crippen LogP contribution in [0.1, 0.15) is 82.6 Å². The normalized spacial score (nSPS) is 28.6. The molecule has 150 valence electrons. The minimum Gasteiger partial charge on any atom is -0.300 e. The lowest BCUT2D eigenvalue weighted by Gasteiger charge is -2.36. The average Bonchev–Trinajstić information content (AvgIpc) is 2.60. The van der Waals surface area contributed by atoms with Crippen LogP contribution in [0.15, 0.2) is 18.2 Å². The zero-order valence-corrected chi connectivity index (χ0v) is 16.5. The number of nitrogens with zero attached hydrogens (tertiary/aromatic N) is 2. The van der Waals surface area contributed by atoms with E-state index >= 15 is 0 Å². The molecule has 1 saturated carbocycles. The van der Waals surface area contributed by atoms with Crippen LogP contribution in [0.5, 0.6) is 0 Å². The molecule has 1 aliphatic heterocycles. The van der Waals surface area contributed by atoms with Gasteiger partial charge in [0.05, 0.1) is 11.0 Å². The molecule has 4 nitrogen and oxygen atoms in total. The first-order valence-corrected chi connectivity index (χ1v) is 10.7. The summed E-state index contributed by atoms with van der Waals surface area (Å²) >= 11 is 0. The number of halogens is 1. The molecule has 0 N–H and O–H groups in total. The minimum atomic E-state index is -0.524. The van der Waals surface area contributed by atoms with Crippen LogP contribution in [-0.2, 0) is 0 Å². The van der Waals surface area contributed by atoms with Gasteiger partial charge in [0, 0.05) is 12.1 Å². The average molecular weight is 377 g/mol. The molecule has 1 heterocycles. The van der Waals surface area contributed by atoms with Gasteiger partial charge in [0.1, 0.15) is 5.82 Å². The topological polar surface area (TPSA) is 46.4 Å². The number of rotatable bonds is 3. The van der Waals surface area contributed by atoms with Gasteiger partial charge in [-0.25, -0.2) is 4.39 Å². The molecule has 0 amide bonds. The summed E-state index contributed by atoms with van der Waals surface area (Å²) in [4.78, 5) is 13.0. The van der Waals surface area contributed by atoms with Crippen molar-refractivity contribution in [1.29, 1.82) is 0 Å². The number of hydrogen-bond donors (Lipinski definition) is 0. The second-order valence-corrected chi connectivity index (χ2v) is 8.60. The Kier molecular flexibility index (Phi) is 7.22. The van der Waals surface area contributed by atoms with Crippen molar-refractivity contribution >= 4 is 5.69 Å². The van der Waals surface area contributed by atoms with Gasteiger partial charge in [-0.2, -0.15) is 0 Å². The molecule has 27 heavy (non-hydrogen) atoms. The lowest BCUT2D eigenvalue weighted by atomic mass is 9.83. The van der Waals surface area contributed by atoms with Crippen LogP contribution in [0.25, 0.3) is 0 Å². The first-order chi connectivity index (χ1) is 13.0. The Morgan fingerprint density at radius 1 is 1.00 bits per heavy atom. The number of likely N-dealkylation sites (tertiary alicyclic amines) is 1. The van der Waals surface area contributed by atoms with E-state index in [0.29, 0.717) is 11.6 Å². The standard InChI is InChI=1S/C22H33FN2O2/c1-17-6-4-5-14-24(15-13-17)19-8-3-2-7-18(9-10-19)21-12-11-20(25(26)27)16-22(21)23/h11-12,16-19H,2-10,13-15H2,1H3. The number of nitro benzene ring substituents is 1. The van der Waals surface area contributed by atoms with Crippen molar-refractivity contribution in [3.63, 3.8) is 0 Å². The highest BCUT2D eigenvalue weighted by atomic mass is 19.1. The second kappa shape index (κ2) is 9.63. The fourth-order valence-corrected chi connectivity index (χ4v) is 4.90. The van der Waals surface area contributed by atoms with Crippen molar-refractivity contribution in [3.8, 4) is 0 Å². The molecular formula is C22H33FN2O2.